The summed E-state index contributed by atoms with van der Waals surface area (Å²) < 4.78 is 5.33. The van der Waals surface area contributed by atoms with Crippen molar-refractivity contribution >= 4 is 17.5 Å². The minimum absolute atomic E-state index is 0.0593. The van der Waals surface area contributed by atoms with Gasteiger partial charge in [0.05, 0.1) is 13.2 Å². The van der Waals surface area contributed by atoms with Gasteiger partial charge in [-0.3, -0.25) is 4.79 Å². The molecule has 2 fully saturated rings. The van der Waals surface area contributed by atoms with Crippen LogP contribution < -0.4 is 9.80 Å². The second kappa shape index (κ2) is 7.70. The van der Waals surface area contributed by atoms with Gasteiger partial charge in [0.2, 0.25) is 0 Å². The Hall–Kier alpha value is -2.67. The quantitative estimate of drug-likeness (QED) is 0.828. The van der Waals surface area contributed by atoms with Gasteiger partial charge in [0.1, 0.15) is 11.6 Å². The van der Waals surface area contributed by atoms with Crippen LogP contribution in [0.15, 0.2) is 42.7 Å². The molecule has 0 atom stereocenters. The van der Waals surface area contributed by atoms with Crippen LogP contribution in [-0.4, -0.2) is 73.3 Å². The highest BCUT2D eigenvalue weighted by atomic mass is 16.5. The van der Waals surface area contributed by atoms with Gasteiger partial charge in [0, 0.05) is 57.2 Å². The maximum atomic E-state index is 12.7. The van der Waals surface area contributed by atoms with Crippen molar-refractivity contribution in [2.24, 2.45) is 0 Å². The van der Waals surface area contributed by atoms with Crippen LogP contribution in [0.5, 0.6) is 0 Å². The third kappa shape index (κ3) is 3.62. The number of carbonyl (C=O) groups excluding carboxylic acids is 1. The molecule has 136 valence electrons. The van der Waals surface area contributed by atoms with E-state index in [0.29, 0.717) is 31.9 Å². The Morgan fingerprint density at radius 1 is 0.846 bits per heavy atom. The fourth-order valence-corrected chi connectivity index (χ4v) is 3.38. The van der Waals surface area contributed by atoms with E-state index in [-0.39, 0.29) is 5.91 Å². The van der Waals surface area contributed by atoms with E-state index in [1.165, 1.54) is 0 Å². The molecule has 0 saturated carbocycles. The third-order valence-corrected chi connectivity index (χ3v) is 4.87. The zero-order valence-corrected chi connectivity index (χ0v) is 14.8. The van der Waals surface area contributed by atoms with Gasteiger partial charge in [0.25, 0.3) is 5.91 Å². The summed E-state index contributed by atoms with van der Waals surface area (Å²) in [6.45, 7) is 6.02. The number of piperazine rings is 1. The van der Waals surface area contributed by atoms with Gasteiger partial charge in [-0.05, 0) is 24.3 Å². The number of morpholine rings is 1. The minimum Gasteiger partial charge on any atom is -0.378 e. The number of ether oxygens (including phenoxy) is 1. The monoisotopic (exact) mass is 353 g/mol. The Kier molecular flexibility index (Phi) is 4.97. The van der Waals surface area contributed by atoms with E-state index in [4.69, 9.17) is 4.74 Å². The number of aromatic nitrogens is 2. The average molecular weight is 353 g/mol. The van der Waals surface area contributed by atoms with Crippen LogP contribution in [0.1, 0.15) is 10.4 Å². The maximum Gasteiger partial charge on any atom is 0.254 e. The van der Waals surface area contributed by atoms with Crippen LogP contribution in [0, 0.1) is 0 Å². The Balaban J connectivity index is 1.42. The van der Waals surface area contributed by atoms with Crippen molar-refractivity contribution in [1.29, 1.82) is 0 Å². The zero-order chi connectivity index (χ0) is 17.8. The minimum atomic E-state index is 0.0593. The Morgan fingerprint density at radius 2 is 1.54 bits per heavy atom. The van der Waals surface area contributed by atoms with Crippen molar-refractivity contribution in [2.75, 3.05) is 62.3 Å². The highest BCUT2D eigenvalue weighted by molar-refractivity contribution is 5.95. The smallest absolute Gasteiger partial charge is 0.254 e. The molecule has 2 aromatic heterocycles. The molecule has 1 amide bonds. The molecule has 0 aromatic carbocycles. The van der Waals surface area contributed by atoms with E-state index < -0.39 is 0 Å². The number of nitrogens with zero attached hydrogens (tertiary/aromatic N) is 5. The zero-order valence-electron chi connectivity index (χ0n) is 14.8. The number of hydrogen-bond acceptors (Lipinski definition) is 6. The molecule has 0 unspecified atom stereocenters. The van der Waals surface area contributed by atoms with Crippen molar-refractivity contribution in [3.8, 4) is 0 Å². The summed E-state index contributed by atoms with van der Waals surface area (Å²) in [7, 11) is 0. The highest BCUT2D eigenvalue weighted by Crippen LogP contribution is 2.19. The van der Waals surface area contributed by atoms with Gasteiger partial charge in [-0.15, -0.1) is 0 Å². The van der Waals surface area contributed by atoms with Crippen molar-refractivity contribution in [2.45, 2.75) is 0 Å². The predicted octanol–water partition coefficient (Wildman–Crippen LogP) is 1.28. The molecule has 4 rings (SSSR count). The summed E-state index contributed by atoms with van der Waals surface area (Å²) >= 11 is 0. The lowest BCUT2D eigenvalue weighted by molar-refractivity contribution is 0.0303. The van der Waals surface area contributed by atoms with Crippen LogP contribution in [0.4, 0.5) is 11.6 Å². The first-order valence-corrected chi connectivity index (χ1v) is 9.05. The first-order valence-electron chi connectivity index (χ1n) is 9.05. The second-order valence-electron chi connectivity index (χ2n) is 6.47. The van der Waals surface area contributed by atoms with Crippen LogP contribution >= 0.6 is 0 Å². The summed E-state index contributed by atoms with van der Waals surface area (Å²) in [4.78, 5) is 27.9. The largest absolute Gasteiger partial charge is 0.378 e. The molecule has 2 aliphatic heterocycles. The Labute approximate surface area is 153 Å². The molecule has 2 aromatic rings. The van der Waals surface area contributed by atoms with Gasteiger partial charge >= 0.3 is 0 Å². The first kappa shape index (κ1) is 16.8. The summed E-state index contributed by atoms with van der Waals surface area (Å²) in [5.41, 5.74) is 0.698. The van der Waals surface area contributed by atoms with Crippen molar-refractivity contribution < 1.29 is 9.53 Å². The molecule has 2 aliphatic rings. The van der Waals surface area contributed by atoms with Gasteiger partial charge < -0.3 is 19.4 Å². The van der Waals surface area contributed by atoms with Gasteiger partial charge in [-0.25, -0.2) is 9.97 Å². The number of carbonyl (C=O) groups is 1. The van der Waals surface area contributed by atoms with Crippen molar-refractivity contribution in [1.82, 2.24) is 14.9 Å². The van der Waals surface area contributed by atoms with Crippen molar-refractivity contribution in [3.63, 3.8) is 0 Å². The summed E-state index contributed by atoms with van der Waals surface area (Å²) in [5, 5.41) is 0. The topological polar surface area (TPSA) is 61.8 Å². The molecule has 0 bridgehead atoms. The van der Waals surface area contributed by atoms with Gasteiger partial charge in [0.15, 0.2) is 0 Å². The van der Waals surface area contributed by atoms with E-state index >= 15 is 0 Å². The van der Waals surface area contributed by atoms with E-state index in [9.17, 15) is 4.79 Å². The number of amides is 1. The molecule has 0 aliphatic carbocycles. The van der Waals surface area contributed by atoms with Crippen LogP contribution in [0.3, 0.4) is 0 Å². The maximum absolute atomic E-state index is 12.7. The lowest BCUT2D eigenvalue weighted by Crippen LogP contribution is -2.47. The summed E-state index contributed by atoms with van der Waals surface area (Å²) in [6.07, 6.45) is 3.55. The molecule has 4 heterocycles. The standard InChI is InChI=1S/C19H23N5O2/c25-19(24-11-13-26-14-12-24)16-4-6-21-18(15-16)23-9-7-22(8-10-23)17-3-1-2-5-20-17/h1-6,15H,7-14H2. The fourth-order valence-electron chi connectivity index (χ4n) is 3.38. The van der Waals surface area contributed by atoms with E-state index in [2.05, 4.69) is 19.8 Å². The molecule has 26 heavy (non-hydrogen) atoms. The van der Waals surface area contributed by atoms with Crippen molar-refractivity contribution in [3.05, 3.63) is 48.3 Å². The van der Waals surface area contributed by atoms with Gasteiger partial charge in [-0.2, -0.15) is 0 Å². The van der Waals surface area contributed by atoms with Crippen LogP contribution in [-0.2, 0) is 4.74 Å². The van der Waals surface area contributed by atoms with E-state index in [0.717, 1.165) is 37.8 Å². The van der Waals surface area contributed by atoms with Crippen LogP contribution in [0.2, 0.25) is 0 Å². The molecule has 2 saturated heterocycles. The highest BCUT2D eigenvalue weighted by Gasteiger charge is 2.22. The summed E-state index contributed by atoms with van der Waals surface area (Å²) in [5.74, 6) is 1.94. The second-order valence-corrected chi connectivity index (χ2v) is 6.47. The fraction of sp³-hybridized carbons (Fsp3) is 0.421. The number of hydrogen-bond donors (Lipinski definition) is 0. The molecule has 7 heteroatoms. The molecule has 0 radical (unpaired) electrons. The first-order chi connectivity index (χ1) is 12.8. The normalized spacial score (nSPS) is 18.1. The molecule has 0 spiro atoms. The molecule has 7 nitrogen and oxygen atoms in total. The average Bonchev–Trinajstić information content (AvgIpc) is 2.75. The Bertz CT molecular complexity index is 741. The predicted molar refractivity (Wildman–Crippen MR) is 99.6 cm³/mol. The number of anilines is 2. The molecular formula is C19H23N5O2. The Morgan fingerprint density at radius 3 is 2.23 bits per heavy atom. The third-order valence-electron chi connectivity index (χ3n) is 4.87. The van der Waals surface area contributed by atoms with E-state index in [1.807, 2.05) is 35.4 Å². The van der Waals surface area contributed by atoms with E-state index in [1.54, 1.807) is 12.3 Å². The molecular weight excluding hydrogens is 330 g/mol. The van der Waals surface area contributed by atoms with Crippen LogP contribution in [0.25, 0.3) is 0 Å². The number of rotatable bonds is 3. The molecule has 0 N–H and O–H groups in total. The number of pyridine rings is 2. The lowest BCUT2D eigenvalue weighted by Gasteiger charge is -2.36. The lowest BCUT2D eigenvalue weighted by atomic mass is 10.2. The SMILES string of the molecule is O=C(c1ccnc(N2CCN(c3ccccn3)CC2)c1)N1CCOCC1. The summed E-state index contributed by atoms with van der Waals surface area (Å²) in [6, 6.07) is 9.69. The van der Waals surface area contributed by atoms with Gasteiger partial charge in [-0.1, -0.05) is 6.07 Å².